The van der Waals surface area contributed by atoms with Crippen LogP contribution in [0.3, 0.4) is 0 Å². The second-order valence-electron chi connectivity index (χ2n) is 8.04. The van der Waals surface area contributed by atoms with E-state index in [0.29, 0.717) is 30.5 Å². The monoisotopic (exact) mass is 507 g/mol. The minimum Gasteiger partial charge on any atom is -0.404 e. The standard InChI is InChI=1S/C23H24F3N5O3S/c1-16-7-9-18(10-8-16)29-21-15-22(28-17(2)27-21)30-11-13-31(14-12-30)35(32,33)20-6-4-3-5-19(20)34-23(24,25)26/h3-10,15H,11-14H2,1-2H3,(H,27,28,29). The molecule has 0 saturated carbocycles. The predicted molar refractivity (Wildman–Crippen MR) is 125 cm³/mol. The Bertz CT molecular complexity index is 1290. The summed E-state index contributed by atoms with van der Waals surface area (Å²) in [5.41, 5.74) is 2.01. The van der Waals surface area contributed by atoms with E-state index in [1.165, 1.54) is 12.1 Å². The number of nitrogens with one attached hydrogen (secondary N) is 1. The number of piperazine rings is 1. The third-order valence-electron chi connectivity index (χ3n) is 5.40. The molecule has 1 aromatic heterocycles. The summed E-state index contributed by atoms with van der Waals surface area (Å²) in [7, 11) is -4.19. The molecule has 1 aliphatic heterocycles. The number of ether oxygens (including phenoxy) is 1. The van der Waals surface area contributed by atoms with Crippen molar-refractivity contribution in [3.63, 3.8) is 0 Å². The van der Waals surface area contributed by atoms with E-state index in [0.717, 1.165) is 27.7 Å². The van der Waals surface area contributed by atoms with E-state index < -0.39 is 27.0 Å². The highest BCUT2D eigenvalue weighted by Crippen LogP contribution is 2.32. The number of anilines is 3. The van der Waals surface area contributed by atoms with Crippen molar-refractivity contribution < 1.29 is 26.3 Å². The molecular weight excluding hydrogens is 483 g/mol. The van der Waals surface area contributed by atoms with Crippen molar-refractivity contribution in [2.24, 2.45) is 0 Å². The Morgan fingerprint density at radius 2 is 1.60 bits per heavy atom. The van der Waals surface area contributed by atoms with E-state index >= 15 is 0 Å². The number of aryl methyl sites for hydroxylation is 2. The lowest BCUT2D eigenvalue weighted by Gasteiger charge is -2.35. The quantitative estimate of drug-likeness (QED) is 0.534. The number of para-hydroxylation sites is 1. The Morgan fingerprint density at radius 1 is 0.943 bits per heavy atom. The zero-order chi connectivity index (χ0) is 25.2. The van der Waals surface area contributed by atoms with Gasteiger partial charge in [0.2, 0.25) is 10.0 Å². The Hall–Kier alpha value is -3.38. The van der Waals surface area contributed by atoms with Crippen LogP contribution in [0.25, 0.3) is 0 Å². The molecule has 35 heavy (non-hydrogen) atoms. The van der Waals surface area contributed by atoms with Crippen LogP contribution in [0.2, 0.25) is 0 Å². The fourth-order valence-electron chi connectivity index (χ4n) is 3.73. The molecule has 1 saturated heterocycles. The Morgan fingerprint density at radius 3 is 2.26 bits per heavy atom. The smallest absolute Gasteiger partial charge is 0.404 e. The molecule has 1 aliphatic rings. The van der Waals surface area contributed by atoms with Crippen LogP contribution >= 0.6 is 0 Å². The van der Waals surface area contributed by atoms with Gasteiger partial charge in [-0.1, -0.05) is 29.8 Å². The molecule has 0 spiro atoms. The number of rotatable bonds is 6. The molecule has 2 aromatic carbocycles. The topological polar surface area (TPSA) is 87.7 Å². The van der Waals surface area contributed by atoms with E-state index in [2.05, 4.69) is 20.0 Å². The predicted octanol–water partition coefficient (Wildman–Crippen LogP) is 4.25. The van der Waals surface area contributed by atoms with Gasteiger partial charge in [0, 0.05) is 37.9 Å². The molecule has 0 amide bonds. The highest BCUT2D eigenvalue weighted by Gasteiger charge is 2.36. The Labute approximate surface area is 201 Å². The molecule has 8 nitrogen and oxygen atoms in total. The van der Waals surface area contributed by atoms with E-state index in [-0.39, 0.29) is 13.1 Å². The van der Waals surface area contributed by atoms with E-state index in [9.17, 15) is 21.6 Å². The molecule has 1 fully saturated rings. The molecule has 0 bridgehead atoms. The molecule has 2 heterocycles. The number of sulfonamides is 1. The average molecular weight is 508 g/mol. The van der Waals surface area contributed by atoms with Gasteiger partial charge in [-0.05, 0) is 38.1 Å². The van der Waals surface area contributed by atoms with Crippen LogP contribution in [0.5, 0.6) is 5.75 Å². The Balaban J connectivity index is 1.48. The number of hydrogen-bond acceptors (Lipinski definition) is 7. The van der Waals surface area contributed by atoms with Crippen molar-refractivity contribution in [1.82, 2.24) is 14.3 Å². The van der Waals surface area contributed by atoms with Crippen molar-refractivity contribution >= 4 is 27.3 Å². The van der Waals surface area contributed by atoms with Gasteiger partial charge in [-0.3, -0.25) is 0 Å². The minimum atomic E-state index is -5.00. The van der Waals surface area contributed by atoms with Crippen LogP contribution in [-0.4, -0.2) is 55.2 Å². The van der Waals surface area contributed by atoms with Gasteiger partial charge in [-0.25, -0.2) is 18.4 Å². The molecular formula is C23H24F3N5O3S. The molecule has 0 unspecified atom stereocenters. The third kappa shape index (κ3) is 6.01. The largest absolute Gasteiger partial charge is 0.573 e. The van der Waals surface area contributed by atoms with Crippen molar-refractivity contribution in [1.29, 1.82) is 0 Å². The lowest BCUT2D eigenvalue weighted by Crippen LogP contribution is -2.49. The van der Waals surface area contributed by atoms with Gasteiger partial charge in [-0.2, -0.15) is 4.31 Å². The molecule has 0 aliphatic carbocycles. The van der Waals surface area contributed by atoms with E-state index in [4.69, 9.17) is 0 Å². The summed E-state index contributed by atoms with van der Waals surface area (Å²) in [6, 6.07) is 14.4. The normalized spacial score (nSPS) is 15.2. The van der Waals surface area contributed by atoms with Crippen molar-refractivity contribution in [3.8, 4) is 5.75 Å². The number of aromatic nitrogens is 2. The zero-order valence-corrected chi connectivity index (χ0v) is 19.9. The number of alkyl halides is 3. The third-order valence-corrected chi connectivity index (χ3v) is 7.34. The second-order valence-corrected chi connectivity index (χ2v) is 9.94. The summed E-state index contributed by atoms with van der Waals surface area (Å²) in [4.78, 5) is 10.3. The van der Waals surface area contributed by atoms with Crippen LogP contribution in [0.1, 0.15) is 11.4 Å². The molecule has 3 aromatic rings. The lowest BCUT2D eigenvalue weighted by atomic mass is 10.2. The van der Waals surface area contributed by atoms with Crippen LogP contribution in [0, 0.1) is 13.8 Å². The maximum atomic E-state index is 13.1. The molecule has 0 atom stereocenters. The van der Waals surface area contributed by atoms with Crippen molar-refractivity contribution in [2.45, 2.75) is 25.1 Å². The molecule has 0 radical (unpaired) electrons. The number of nitrogens with zero attached hydrogens (tertiary/aromatic N) is 4. The first-order valence-corrected chi connectivity index (χ1v) is 12.2. The minimum absolute atomic E-state index is 0.0759. The molecule has 12 heteroatoms. The highest BCUT2D eigenvalue weighted by molar-refractivity contribution is 7.89. The number of halogens is 3. The fourth-order valence-corrected chi connectivity index (χ4v) is 5.27. The second kappa shape index (κ2) is 9.70. The Kier molecular flexibility index (Phi) is 6.86. The zero-order valence-electron chi connectivity index (χ0n) is 19.1. The summed E-state index contributed by atoms with van der Waals surface area (Å²) < 4.78 is 69.6. The summed E-state index contributed by atoms with van der Waals surface area (Å²) in [5, 5.41) is 3.24. The van der Waals surface area contributed by atoms with Crippen molar-refractivity contribution in [2.75, 3.05) is 36.4 Å². The van der Waals surface area contributed by atoms with Crippen LogP contribution in [-0.2, 0) is 10.0 Å². The van der Waals surface area contributed by atoms with E-state index in [1.807, 2.05) is 36.1 Å². The van der Waals surface area contributed by atoms with Gasteiger partial charge in [0.25, 0.3) is 0 Å². The summed E-state index contributed by atoms with van der Waals surface area (Å²) in [6.45, 7) is 4.53. The summed E-state index contributed by atoms with van der Waals surface area (Å²) in [6.07, 6.45) is -5.00. The summed E-state index contributed by atoms with van der Waals surface area (Å²) >= 11 is 0. The van der Waals surface area contributed by atoms with Crippen LogP contribution in [0.4, 0.5) is 30.5 Å². The first kappa shape index (κ1) is 24.7. The molecule has 186 valence electrons. The fraction of sp³-hybridized carbons (Fsp3) is 0.304. The van der Waals surface area contributed by atoms with Gasteiger partial charge in [0.05, 0.1) is 0 Å². The van der Waals surface area contributed by atoms with Crippen LogP contribution in [0.15, 0.2) is 59.5 Å². The highest BCUT2D eigenvalue weighted by atomic mass is 32.2. The van der Waals surface area contributed by atoms with Gasteiger partial charge in [0.15, 0.2) is 0 Å². The SMILES string of the molecule is Cc1ccc(Nc2cc(N3CCN(S(=O)(=O)c4ccccc4OC(F)(F)F)CC3)nc(C)n2)cc1. The van der Waals surface area contributed by atoms with Crippen LogP contribution < -0.4 is 15.0 Å². The molecule has 4 rings (SSSR count). The molecule has 1 N–H and O–H groups in total. The van der Waals surface area contributed by atoms with Gasteiger partial charge >= 0.3 is 6.36 Å². The van der Waals surface area contributed by atoms with Crippen molar-refractivity contribution in [3.05, 3.63) is 66.0 Å². The maximum Gasteiger partial charge on any atom is 0.573 e. The van der Waals surface area contributed by atoms with Gasteiger partial charge in [-0.15, -0.1) is 13.2 Å². The van der Waals surface area contributed by atoms with Gasteiger partial charge < -0.3 is 15.0 Å². The van der Waals surface area contributed by atoms with E-state index in [1.54, 1.807) is 13.0 Å². The number of hydrogen-bond donors (Lipinski definition) is 1. The maximum absolute atomic E-state index is 13.1. The van der Waals surface area contributed by atoms with Gasteiger partial charge in [0.1, 0.15) is 28.1 Å². The summed E-state index contributed by atoms with van der Waals surface area (Å²) in [5.74, 6) is 1.03. The lowest BCUT2D eigenvalue weighted by molar-refractivity contribution is -0.275. The first-order valence-electron chi connectivity index (χ1n) is 10.8. The first-order chi connectivity index (χ1) is 16.5. The average Bonchev–Trinajstić information content (AvgIpc) is 2.79. The number of benzene rings is 2.